The Labute approximate surface area is 199 Å². The molecule has 8 heteroatoms. The van der Waals surface area contributed by atoms with Gasteiger partial charge in [-0.25, -0.2) is 8.42 Å². The fourth-order valence-electron chi connectivity index (χ4n) is 4.61. The number of nitrogens with zero attached hydrogens (tertiary/aromatic N) is 2. The number of hydrogen-bond donors (Lipinski definition) is 2. The summed E-state index contributed by atoms with van der Waals surface area (Å²) in [4.78, 5) is 16.2. The molecular formula is C26H28N4O3S. The summed E-state index contributed by atoms with van der Waals surface area (Å²) in [6, 6.07) is 15.7. The van der Waals surface area contributed by atoms with Crippen molar-refractivity contribution in [2.75, 3.05) is 18.1 Å². The summed E-state index contributed by atoms with van der Waals surface area (Å²) in [7, 11) is -3.09. The number of sulfone groups is 1. The smallest absolute Gasteiger partial charge is 0.271 e. The lowest BCUT2D eigenvalue weighted by Crippen LogP contribution is -2.26. The zero-order valence-corrected chi connectivity index (χ0v) is 20.2. The zero-order chi connectivity index (χ0) is 23.9. The lowest BCUT2D eigenvalue weighted by Gasteiger charge is -2.14. The summed E-state index contributed by atoms with van der Waals surface area (Å²) in [5.74, 6) is -0.0611. The van der Waals surface area contributed by atoms with Crippen molar-refractivity contribution in [1.82, 2.24) is 20.1 Å². The van der Waals surface area contributed by atoms with Crippen molar-refractivity contribution in [3.8, 4) is 11.3 Å². The van der Waals surface area contributed by atoms with Gasteiger partial charge in [-0.3, -0.25) is 9.48 Å². The number of benzene rings is 2. The number of aromatic amines is 1. The lowest BCUT2D eigenvalue weighted by molar-refractivity contribution is 0.0948. The van der Waals surface area contributed by atoms with Crippen molar-refractivity contribution >= 4 is 26.6 Å². The molecule has 34 heavy (non-hydrogen) atoms. The van der Waals surface area contributed by atoms with Gasteiger partial charge in [-0.15, -0.1) is 0 Å². The normalized spacial score (nSPS) is 17.3. The zero-order valence-electron chi connectivity index (χ0n) is 19.3. The number of hydrogen-bond acceptors (Lipinski definition) is 4. The molecule has 5 rings (SSSR count). The molecule has 0 saturated carbocycles. The average Bonchev–Trinajstić information content (AvgIpc) is 3.52. The molecule has 1 fully saturated rings. The first-order chi connectivity index (χ1) is 16.3. The molecule has 0 aliphatic carbocycles. The van der Waals surface area contributed by atoms with Crippen molar-refractivity contribution in [3.05, 3.63) is 77.1 Å². The van der Waals surface area contributed by atoms with E-state index < -0.39 is 9.84 Å². The second kappa shape index (κ2) is 8.76. The molecule has 176 valence electrons. The van der Waals surface area contributed by atoms with Crippen LogP contribution in [0.2, 0.25) is 0 Å². The summed E-state index contributed by atoms with van der Waals surface area (Å²) in [6.45, 7) is 4.56. The molecule has 3 heterocycles. The van der Waals surface area contributed by atoms with Gasteiger partial charge in [0.15, 0.2) is 15.5 Å². The summed E-state index contributed by atoms with van der Waals surface area (Å²) >= 11 is 0. The minimum atomic E-state index is -3.09. The van der Waals surface area contributed by atoms with E-state index in [2.05, 4.69) is 27.5 Å². The fraction of sp³-hybridized carbons (Fsp3) is 0.308. The van der Waals surface area contributed by atoms with Crippen LogP contribution in [0.5, 0.6) is 0 Å². The molecule has 2 aromatic carbocycles. The van der Waals surface area contributed by atoms with E-state index >= 15 is 0 Å². The van der Waals surface area contributed by atoms with Crippen LogP contribution in [0, 0.1) is 13.8 Å². The number of H-pyrrole nitrogens is 1. The molecule has 1 saturated heterocycles. The van der Waals surface area contributed by atoms with Crippen LogP contribution in [-0.4, -0.2) is 47.1 Å². The number of nitrogens with one attached hydrogen (secondary N) is 2. The van der Waals surface area contributed by atoms with Gasteiger partial charge in [-0.05, 0) is 61.6 Å². The molecule has 1 aliphatic heterocycles. The molecule has 4 aromatic rings. The van der Waals surface area contributed by atoms with E-state index in [1.54, 1.807) is 10.7 Å². The SMILES string of the molecule is Cc1ccc(-c2cc(C(=O)NCCc3c[nH]c4ccccc34)nn2[C@@H]2CCS(=O)(=O)C2)cc1C. The molecule has 1 atom stereocenters. The molecule has 0 radical (unpaired) electrons. The first-order valence-electron chi connectivity index (χ1n) is 11.5. The Balaban J connectivity index is 1.38. The van der Waals surface area contributed by atoms with Gasteiger partial charge in [-0.2, -0.15) is 5.10 Å². The highest BCUT2D eigenvalue weighted by Gasteiger charge is 2.32. The van der Waals surface area contributed by atoms with Crippen molar-refractivity contribution in [3.63, 3.8) is 0 Å². The summed E-state index contributed by atoms with van der Waals surface area (Å²) in [5.41, 5.74) is 6.53. The second-order valence-corrected chi connectivity index (χ2v) is 11.3. The minimum absolute atomic E-state index is 0.0497. The molecule has 0 bridgehead atoms. The lowest BCUT2D eigenvalue weighted by atomic mass is 10.0. The highest BCUT2D eigenvalue weighted by atomic mass is 32.2. The van der Waals surface area contributed by atoms with Crippen LogP contribution in [0.15, 0.2) is 54.7 Å². The second-order valence-electron chi connectivity index (χ2n) is 9.08. The maximum absolute atomic E-state index is 13.0. The standard InChI is InChI=1S/C26H28N4O3S/c1-17-7-8-19(13-18(17)2)25-14-24(29-30(25)21-10-12-34(32,33)16-21)26(31)27-11-9-20-15-28-23-6-4-3-5-22(20)23/h3-8,13-15,21,28H,9-12,16H2,1-2H3,(H,27,31)/t21-/m1/s1. The van der Waals surface area contributed by atoms with Crippen LogP contribution >= 0.6 is 0 Å². The van der Waals surface area contributed by atoms with Crippen molar-refractivity contribution in [1.29, 1.82) is 0 Å². The van der Waals surface area contributed by atoms with Gasteiger partial charge in [0.25, 0.3) is 5.91 Å². The van der Waals surface area contributed by atoms with Crippen molar-refractivity contribution < 1.29 is 13.2 Å². The van der Waals surface area contributed by atoms with E-state index in [-0.39, 0.29) is 23.5 Å². The Bertz CT molecular complexity index is 1480. The van der Waals surface area contributed by atoms with Crippen LogP contribution in [0.4, 0.5) is 0 Å². The summed E-state index contributed by atoms with van der Waals surface area (Å²) in [5, 5.41) is 8.71. The highest BCUT2D eigenvalue weighted by molar-refractivity contribution is 7.91. The number of carbonyl (C=O) groups is 1. The number of amides is 1. The topological polar surface area (TPSA) is 96.8 Å². The molecule has 7 nitrogen and oxygen atoms in total. The predicted molar refractivity (Wildman–Crippen MR) is 134 cm³/mol. The number of fused-ring (bicyclic) bond motifs is 1. The first-order valence-corrected chi connectivity index (χ1v) is 13.3. The predicted octanol–water partition coefficient (Wildman–Crippen LogP) is 3.98. The van der Waals surface area contributed by atoms with E-state index in [9.17, 15) is 13.2 Å². The van der Waals surface area contributed by atoms with Gasteiger partial charge < -0.3 is 10.3 Å². The summed E-state index contributed by atoms with van der Waals surface area (Å²) < 4.78 is 26.0. The van der Waals surface area contributed by atoms with Crippen LogP contribution in [0.25, 0.3) is 22.2 Å². The van der Waals surface area contributed by atoms with E-state index in [0.29, 0.717) is 25.1 Å². The Kier molecular flexibility index (Phi) is 5.77. The van der Waals surface area contributed by atoms with Gasteiger partial charge in [0, 0.05) is 29.2 Å². The third kappa shape index (κ3) is 4.37. The van der Waals surface area contributed by atoms with Crippen LogP contribution in [0.1, 0.15) is 39.6 Å². The first kappa shape index (κ1) is 22.4. The van der Waals surface area contributed by atoms with Gasteiger partial charge in [0.1, 0.15) is 0 Å². The van der Waals surface area contributed by atoms with Crippen LogP contribution in [-0.2, 0) is 16.3 Å². The number of carbonyl (C=O) groups excluding carboxylic acids is 1. The summed E-state index contributed by atoms with van der Waals surface area (Å²) in [6.07, 6.45) is 3.18. The third-order valence-corrected chi connectivity index (χ3v) is 8.43. The van der Waals surface area contributed by atoms with Gasteiger partial charge in [-0.1, -0.05) is 30.3 Å². The van der Waals surface area contributed by atoms with E-state index in [1.807, 2.05) is 50.4 Å². The van der Waals surface area contributed by atoms with E-state index in [1.165, 1.54) is 5.56 Å². The Morgan fingerprint density at radius 1 is 1.15 bits per heavy atom. The maximum Gasteiger partial charge on any atom is 0.271 e. The van der Waals surface area contributed by atoms with E-state index in [4.69, 9.17) is 0 Å². The maximum atomic E-state index is 13.0. The van der Waals surface area contributed by atoms with E-state index in [0.717, 1.165) is 33.3 Å². The number of rotatable bonds is 6. The molecule has 0 unspecified atom stereocenters. The third-order valence-electron chi connectivity index (χ3n) is 6.68. The quantitative estimate of drug-likeness (QED) is 0.440. The molecule has 2 aromatic heterocycles. The molecular weight excluding hydrogens is 448 g/mol. The number of aryl methyl sites for hydroxylation is 2. The minimum Gasteiger partial charge on any atom is -0.361 e. The molecule has 0 spiro atoms. The Hall–Kier alpha value is -3.39. The number of aromatic nitrogens is 3. The van der Waals surface area contributed by atoms with Crippen LogP contribution < -0.4 is 5.32 Å². The monoisotopic (exact) mass is 476 g/mol. The largest absolute Gasteiger partial charge is 0.361 e. The van der Waals surface area contributed by atoms with Gasteiger partial charge in [0.05, 0.1) is 23.2 Å². The number of para-hydroxylation sites is 1. The Morgan fingerprint density at radius 3 is 2.74 bits per heavy atom. The van der Waals surface area contributed by atoms with Crippen LogP contribution in [0.3, 0.4) is 0 Å². The average molecular weight is 477 g/mol. The molecule has 1 aliphatic rings. The van der Waals surface area contributed by atoms with Gasteiger partial charge in [0.2, 0.25) is 0 Å². The highest BCUT2D eigenvalue weighted by Crippen LogP contribution is 2.31. The van der Waals surface area contributed by atoms with Gasteiger partial charge >= 0.3 is 0 Å². The fourth-order valence-corrected chi connectivity index (χ4v) is 6.30. The molecule has 1 amide bonds. The molecule has 2 N–H and O–H groups in total. The van der Waals surface area contributed by atoms with Crippen molar-refractivity contribution in [2.45, 2.75) is 32.7 Å². The van der Waals surface area contributed by atoms with Crippen molar-refractivity contribution in [2.24, 2.45) is 0 Å². The Morgan fingerprint density at radius 2 is 1.97 bits per heavy atom.